The molecule has 0 saturated carbocycles. The second-order valence-electron chi connectivity index (χ2n) is 6.86. The molecule has 2 fully saturated rings. The van der Waals surface area contributed by atoms with Gasteiger partial charge in [-0.2, -0.15) is 0 Å². The van der Waals surface area contributed by atoms with Crippen LogP contribution >= 0.6 is 34.9 Å². The standard InChI is InChI=1S/C17H19N5O7S3/c1-2-30-6-17(15(27)28)5-22-13(26)11(14(22)32-7-17)20-12(25)10(21-29-3-9(23)24)8-4-31-16(18)19-8/h2,4,11,14H,1,3,5-7H2,(H2,18,19)(H,20,25)(H,23,24)(H,27,28)/t11?,14-,17?/m1/s1. The van der Waals surface area contributed by atoms with Crippen molar-refractivity contribution in [2.45, 2.75) is 11.4 Å². The Kier molecular flexibility index (Phi) is 7.30. The molecule has 3 rings (SSSR count). The van der Waals surface area contributed by atoms with E-state index in [1.165, 1.54) is 33.8 Å². The zero-order valence-electron chi connectivity index (χ0n) is 16.4. The lowest BCUT2D eigenvalue weighted by atomic mass is 9.89. The summed E-state index contributed by atoms with van der Waals surface area (Å²) in [5.41, 5.74) is 4.23. The number of nitrogens with one attached hydrogen (secondary N) is 1. The zero-order chi connectivity index (χ0) is 23.5. The molecule has 172 valence electrons. The number of amides is 2. The Bertz CT molecular complexity index is 983. The number of fused-ring (bicyclic) bond motifs is 1. The van der Waals surface area contributed by atoms with Crippen LogP contribution in [-0.2, 0) is 24.0 Å². The number of nitrogens with zero attached hydrogens (tertiary/aromatic N) is 3. The van der Waals surface area contributed by atoms with Gasteiger partial charge in [0.25, 0.3) is 5.91 Å². The van der Waals surface area contributed by atoms with Crippen molar-refractivity contribution in [3.8, 4) is 0 Å². The number of carboxylic acid groups (broad SMARTS) is 2. The number of aliphatic carboxylic acids is 2. The van der Waals surface area contributed by atoms with Gasteiger partial charge in [-0.3, -0.25) is 14.4 Å². The largest absolute Gasteiger partial charge is 0.481 e. The lowest BCUT2D eigenvalue weighted by Gasteiger charge is -2.53. The van der Waals surface area contributed by atoms with Crippen LogP contribution in [0.1, 0.15) is 5.69 Å². The number of oxime groups is 1. The molecule has 15 heteroatoms. The van der Waals surface area contributed by atoms with Gasteiger partial charge in [-0.25, -0.2) is 9.78 Å². The van der Waals surface area contributed by atoms with E-state index in [0.29, 0.717) is 0 Å². The average molecular weight is 502 g/mol. The molecular formula is C17H19N5O7S3. The number of rotatable bonds is 10. The molecule has 2 amide bonds. The van der Waals surface area contributed by atoms with E-state index in [-0.39, 0.29) is 34.6 Å². The Morgan fingerprint density at radius 3 is 2.84 bits per heavy atom. The van der Waals surface area contributed by atoms with Gasteiger partial charge in [0.2, 0.25) is 12.5 Å². The second-order valence-corrected chi connectivity index (χ2v) is 9.81. The van der Waals surface area contributed by atoms with Crippen molar-refractivity contribution >= 4 is 69.5 Å². The van der Waals surface area contributed by atoms with E-state index >= 15 is 0 Å². The quantitative estimate of drug-likeness (QED) is 0.190. The molecule has 0 spiro atoms. The number of carbonyl (C=O) groups excluding carboxylic acids is 2. The topological polar surface area (TPSA) is 185 Å². The molecule has 3 heterocycles. The molecule has 0 radical (unpaired) electrons. The number of anilines is 1. The first-order valence-electron chi connectivity index (χ1n) is 9.00. The van der Waals surface area contributed by atoms with Gasteiger partial charge >= 0.3 is 11.9 Å². The summed E-state index contributed by atoms with van der Waals surface area (Å²) >= 11 is 3.58. The third-order valence-electron chi connectivity index (χ3n) is 4.69. The van der Waals surface area contributed by atoms with Gasteiger partial charge in [0.15, 0.2) is 10.8 Å². The van der Waals surface area contributed by atoms with Crippen molar-refractivity contribution in [2.24, 2.45) is 10.6 Å². The van der Waals surface area contributed by atoms with Gasteiger partial charge < -0.3 is 31.0 Å². The summed E-state index contributed by atoms with van der Waals surface area (Å²) in [7, 11) is 0. The summed E-state index contributed by atoms with van der Waals surface area (Å²) in [5, 5.41) is 27.3. The number of thioether (sulfide) groups is 2. The van der Waals surface area contributed by atoms with Crippen molar-refractivity contribution in [3.63, 3.8) is 0 Å². The smallest absolute Gasteiger partial charge is 0.344 e. The summed E-state index contributed by atoms with van der Waals surface area (Å²) in [6.45, 7) is 2.84. The molecular weight excluding hydrogens is 482 g/mol. The number of β-lactam (4-membered cyclic amide) rings is 1. The Morgan fingerprint density at radius 1 is 1.50 bits per heavy atom. The molecule has 32 heavy (non-hydrogen) atoms. The minimum atomic E-state index is -1.29. The van der Waals surface area contributed by atoms with Crippen LogP contribution in [0.5, 0.6) is 0 Å². The Hall–Kier alpha value is -2.78. The molecule has 2 unspecified atom stereocenters. The van der Waals surface area contributed by atoms with Crippen LogP contribution in [0.15, 0.2) is 22.5 Å². The minimum absolute atomic E-state index is 0.0251. The van der Waals surface area contributed by atoms with Gasteiger partial charge in [-0.05, 0) is 5.41 Å². The molecule has 0 aromatic carbocycles. The number of carboxylic acids is 2. The molecule has 0 bridgehead atoms. The van der Waals surface area contributed by atoms with Crippen LogP contribution in [-0.4, -0.2) is 85.6 Å². The monoisotopic (exact) mass is 501 g/mol. The van der Waals surface area contributed by atoms with E-state index in [9.17, 15) is 24.3 Å². The molecule has 12 nitrogen and oxygen atoms in total. The fourth-order valence-electron chi connectivity index (χ4n) is 3.09. The summed E-state index contributed by atoms with van der Waals surface area (Å²) in [5.74, 6) is -2.97. The van der Waals surface area contributed by atoms with E-state index in [1.807, 2.05) is 0 Å². The highest BCUT2D eigenvalue weighted by atomic mass is 32.2. The predicted octanol–water partition coefficient (Wildman–Crippen LogP) is -0.122. The number of nitrogen functional groups attached to an aromatic ring is 1. The summed E-state index contributed by atoms with van der Waals surface area (Å²) in [6, 6.07) is -0.896. The maximum atomic E-state index is 12.8. The fraction of sp³-hybridized carbons (Fsp3) is 0.412. The lowest BCUT2D eigenvalue weighted by Crippen LogP contribution is -2.74. The molecule has 2 aliphatic heterocycles. The third-order valence-corrected chi connectivity index (χ3v) is 7.90. The highest BCUT2D eigenvalue weighted by Crippen LogP contribution is 2.43. The Labute approximate surface area is 194 Å². The van der Waals surface area contributed by atoms with E-state index in [0.717, 1.165) is 11.3 Å². The van der Waals surface area contributed by atoms with Crippen LogP contribution in [0, 0.1) is 5.41 Å². The van der Waals surface area contributed by atoms with Crippen molar-refractivity contribution in [2.75, 3.05) is 30.4 Å². The Morgan fingerprint density at radius 2 is 2.25 bits per heavy atom. The van der Waals surface area contributed by atoms with Crippen LogP contribution in [0.2, 0.25) is 0 Å². The molecule has 5 N–H and O–H groups in total. The first-order chi connectivity index (χ1) is 15.2. The van der Waals surface area contributed by atoms with Crippen LogP contribution in [0.4, 0.5) is 5.13 Å². The van der Waals surface area contributed by atoms with Crippen molar-refractivity contribution in [1.29, 1.82) is 0 Å². The molecule has 2 aliphatic rings. The highest BCUT2D eigenvalue weighted by Gasteiger charge is 2.57. The number of aromatic nitrogens is 1. The van der Waals surface area contributed by atoms with Gasteiger partial charge in [0, 0.05) is 23.4 Å². The summed E-state index contributed by atoms with van der Waals surface area (Å²) in [4.78, 5) is 58.0. The number of nitrogens with two attached hydrogens (primary N) is 1. The average Bonchev–Trinajstić information content (AvgIpc) is 3.18. The number of hydrogen-bond donors (Lipinski definition) is 4. The zero-order valence-corrected chi connectivity index (χ0v) is 18.9. The first kappa shape index (κ1) is 23.9. The SMILES string of the molecule is C=CSCC1(C(=O)O)CS[C@@H]2C(NC(=O)C(=NOCC(=O)O)c3csc(N)n3)C(=O)N2C1. The summed E-state index contributed by atoms with van der Waals surface area (Å²) < 4.78 is 0. The maximum absolute atomic E-state index is 12.8. The fourth-order valence-corrected chi connectivity index (χ4v) is 6.06. The van der Waals surface area contributed by atoms with E-state index in [1.54, 1.807) is 5.41 Å². The second kappa shape index (κ2) is 9.79. The van der Waals surface area contributed by atoms with E-state index in [4.69, 9.17) is 10.8 Å². The number of carbonyl (C=O) groups is 4. The minimum Gasteiger partial charge on any atom is -0.481 e. The highest BCUT2D eigenvalue weighted by molar-refractivity contribution is 8.02. The molecule has 2 saturated heterocycles. The third kappa shape index (κ3) is 4.83. The molecule has 3 atom stereocenters. The Balaban J connectivity index is 1.71. The number of thiazole rings is 1. The van der Waals surface area contributed by atoms with Gasteiger partial charge in [-0.15, -0.1) is 34.9 Å². The van der Waals surface area contributed by atoms with E-state index in [2.05, 4.69) is 26.9 Å². The van der Waals surface area contributed by atoms with Gasteiger partial charge in [-0.1, -0.05) is 11.7 Å². The first-order valence-corrected chi connectivity index (χ1v) is 12.0. The maximum Gasteiger partial charge on any atom is 0.344 e. The van der Waals surface area contributed by atoms with Crippen molar-refractivity contribution in [3.05, 3.63) is 23.1 Å². The van der Waals surface area contributed by atoms with Crippen LogP contribution < -0.4 is 11.1 Å². The van der Waals surface area contributed by atoms with Crippen LogP contribution in [0.3, 0.4) is 0 Å². The van der Waals surface area contributed by atoms with Gasteiger partial charge in [0.05, 0.1) is 0 Å². The predicted molar refractivity (Wildman–Crippen MR) is 119 cm³/mol. The molecule has 1 aromatic rings. The van der Waals surface area contributed by atoms with Crippen LogP contribution in [0.25, 0.3) is 0 Å². The van der Waals surface area contributed by atoms with Crippen molar-refractivity contribution < 1.29 is 34.2 Å². The summed E-state index contributed by atoms with van der Waals surface area (Å²) in [6.07, 6.45) is 0. The normalized spacial score (nSPS) is 24.8. The molecule has 1 aromatic heterocycles. The van der Waals surface area contributed by atoms with E-state index < -0.39 is 47.2 Å². The van der Waals surface area contributed by atoms with Crippen molar-refractivity contribution in [1.82, 2.24) is 15.2 Å². The van der Waals surface area contributed by atoms with Gasteiger partial charge in [0.1, 0.15) is 22.5 Å². The number of hydrogen-bond acceptors (Lipinski definition) is 11. The lowest BCUT2D eigenvalue weighted by molar-refractivity contribution is -0.157. The molecule has 0 aliphatic carbocycles.